The minimum absolute atomic E-state index is 0.576. The number of allylic oxidation sites excluding steroid dienone is 2. The highest BCUT2D eigenvalue weighted by Crippen LogP contribution is 2.67. The van der Waals surface area contributed by atoms with Crippen molar-refractivity contribution in [2.24, 2.45) is 34.5 Å². The third kappa shape index (κ3) is 1.88. The molecule has 6 atom stereocenters. The molecule has 0 aromatic heterocycles. The summed E-state index contributed by atoms with van der Waals surface area (Å²) < 4.78 is 0. The van der Waals surface area contributed by atoms with E-state index in [4.69, 9.17) is 0 Å². The van der Waals surface area contributed by atoms with Crippen molar-refractivity contribution in [1.82, 2.24) is 0 Å². The molecule has 6 unspecified atom stereocenters. The zero-order chi connectivity index (χ0) is 15.4. The zero-order valence-corrected chi connectivity index (χ0v) is 15.2. The van der Waals surface area contributed by atoms with Gasteiger partial charge in [0.05, 0.1) is 0 Å². The topological polar surface area (TPSA) is 0 Å². The first kappa shape index (κ1) is 15.3. The molecule has 0 aromatic rings. The molecular weight excluding hydrogens is 264 g/mol. The van der Waals surface area contributed by atoms with Gasteiger partial charge in [0, 0.05) is 0 Å². The van der Waals surface area contributed by atoms with Gasteiger partial charge in [0.15, 0.2) is 0 Å². The van der Waals surface area contributed by atoms with Crippen LogP contribution < -0.4 is 0 Å². The summed E-state index contributed by atoms with van der Waals surface area (Å²) in [5.41, 5.74) is 3.24. The molecule has 0 N–H and O–H groups in total. The Balaban J connectivity index is 1.67. The Bertz CT molecular complexity index is 461. The Kier molecular flexibility index (Phi) is 3.74. The predicted octanol–water partition coefficient (Wildman–Crippen LogP) is 6.76. The molecule has 0 aromatic carbocycles. The summed E-state index contributed by atoms with van der Waals surface area (Å²) in [5.74, 6) is 4.02. The lowest BCUT2D eigenvalue weighted by atomic mass is 9.45. The van der Waals surface area contributed by atoms with Gasteiger partial charge in [-0.15, -0.1) is 0 Å². The van der Waals surface area contributed by atoms with Gasteiger partial charge in [0.2, 0.25) is 0 Å². The molecule has 3 fully saturated rings. The Labute approximate surface area is 138 Å². The van der Waals surface area contributed by atoms with E-state index in [1.165, 1.54) is 44.9 Å². The summed E-state index contributed by atoms with van der Waals surface area (Å²) in [5, 5.41) is 0. The Hall–Kier alpha value is -0.260. The zero-order valence-electron chi connectivity index (χ0n) is 15.2. The van der Waals surface area contributed by atoms with Crippen molar-refractivity contribution in [2.75, 3.05) is 0 Å². The van der Waals surface area contributed by atoms with Crippen LogP contribution in [0.25, 0.3) is 0 Å². The van der Waals surface area contributed by atoms with Crippen molar-refractivity contribution >= 4 is 0 Å². The predicted molar refractivity (Wildman–Crippen MR) is 94.7 cm³/mol. The molecule has 0 bridgehead atoms. The van der Waals surface area contributed by atoms with Gasteiger partial charge in [-0.25, -0.2) is 0 Å². The summed E-state index contributed by atoms with van der Waals surface area (Å²) in [6, 6.07) is 0. The standard InChI is InChI=1S/C22H36/c1-4-16-10-12-19-18-11-9-17-8-6-7-14-22(17,5-2)20(18)13-15-21(16,19)3/h12,16-18,20H,4-11,13-15H2,1-3H3. The van der Waals surface area contributed by atoms with Crippen LogP contribution >= 0.6 is 0 Å². The van der Waals surface area contributed by atoms with E-state index < -0.39 is 0 Å². The first-order valence-corrected chi connectivity index (χ1v) is 10.4. The van der Waals surface area contributed by atoms with Gasteiger partial charge in [0.1, 0.15) is 0 Å². The van der Waals surface area contributed by atoms with Crippen LogP contribution in [0.1, 0.15) is 91.4 Å². The van der Waals surface area contributed by atoms with Crippen molar-refractivity contribution in [2.45, 2.75) is 91.4 Å². The molecule has 124 valence electrons. The average Bonchev–Trinajstić information content (AvgIpc) is 2.90. The van der Waals surface area contributed by atoms with Crippen molar-refractivity contribution in [1.29, 1.82) is 0 Å². The third-order valence-electron chi connectivity index (χ3n) is 9.02. The summed E-state index contributed by atoms with van der Waals surface area (Å²) in [6.07, 6.45) is 19.2. The van der Waals surface area contributed by atoms with Gasteiger partial charge in [0.25, 0.3) is 0 Å². The maximum Gasteiger partial charge on any atom is -0.00823 e. The van der Waals surface area contributed by atoms with Crippen LogP contribution in [0.15, 0.2) is 11.6 Å². The minimum Gasteiger partial charge on any atom is -0.0842 e. The van der Waals surface area contributed by atoms with E-state index in [1.807, 2.05) is 5.57 Å². The van der Waals surface area contributed by atoms with E-state index in [9.17, 15) is 0 Å². The van der Waals surface area contributed by atoms with E-state index in [2.05, 4.69) is 26.8 Å². The Morgan fingerprint density at radius 3 is 2.68 bits per heavy atom. The summed E-state index contributed by atoms with van der Waals surface area (Å²) in [6.45, 7) is 7.57. The van der Waals surface area contributed by atoms with E-state index in [-0.39, 0.29) is 0 Å². The molecular formula is C22H36. The van der Waals surface area contributed by atoms with Crippen LogP contribution in [0.2, 0.25) is 0 Å². The fraction of sp³-hybridized carbons (Fsp3) is 0.909. The highest BCUT2D eigenvalue weighted by atomic mass is 14.6. The molecule has 0 nitrogen and oxygen atoms in total. The first-order chi connectivity index (χ1) is 10.7. The molecule has 4 aliphatic rings. The van der Waals surface area contributed by atoms with Gasteiger partial charge in [-0.3, -0.25) is 0 Å². The van der Waals surface area contributed by atoms with Crippen LogP contribution in [0, 0.1) is 34.5 Å². The number of hydrogen-bond acceptors (Lipinski definition) is 0. The first-order valence-electron chi connectivity index (χ1n) is 10.4. The highest BCUT2D eigenvalue weighted by Gasteiger charge is 2.57. The quantitative estimate of drug-likeness (QED) is 0.494. The van der Waals surface area contributed by atoms with Crippen LogP contribution in [-0.4, -0.2) is 0 Å². The van der Waals surface area contributed by atoms with Gasteiger partial charge in [-0.2, -0.15) is 0 Å². The molecule has 22 heavy (non-hydrogen) atoms. The molecule has 0 spiro atoms. The average molecular weight is 301 g/mol. The third-order valence-corrected chi connectivity index (χ3v) is 9.02. The minimum atomic E-state index is 0.576. The van der Waals surface area contributed by atoms with Gasteiger partial charge in [-0.1, -0.05) is 51.7 Å². The summed E-state index contributed by atoms with van der Waals surface area (Å²) >= 11 is 0. The smallest absolute Gasteiger partial charge is 0.00823 e. The normalized spacial score (nSPS) is 50.8. The number of hydrogen-bond donors (Lipinski definition) is 0. The lowest BCUT2D eigenvalue weighted by Crippen LogP contribution is -2.51. The lowest BCUT2D eigenvalue weighted by molar-refractivity contribution is -0.0713. The molecule has 0 heterocycles. The molecule has 4 aliphatic carbocycles. The SMILES string of the molecule is CCC1CC=C2C3CCC4CCCCC4(CC)C3CCC21C. The second kappa shape index (κ2) is 5.38. The van der Waals surface area contributed by atoms with Crippen LogP contribution in [0.4, 0.5) is 0 Å². The molecule has 0 aliphatic heterocycles. The number of fused-ring (bicyclic) bond motifs is 5. The van der Waals surface area contributed by atoms with E-state index in [1.54, 1.807) is 25.7 Å². The van der Waals surface area contributed by atoms with Crippen molar-refractivity contribution in [3.63, 3.8) is 0 Å². The molecule has 4 rings (SSSR count). The monoisotopic (exact) mass is 300 g/mol. The highest BCUT2D eigenvalue weighted by molar-refractivity contribution is 5.29. The number of rotatable bonds is 2. The van der Waals surface area contributed by atoms with E-state index >= 15 is 0 Å². The maximum absolute atomic E-state index is 2.72. The fourth-order valence-electron chi connectivity index (χ4n) is 7.82. The molecule has 3 saturated carbocycles. The van der Waals surface area contributed by atoms with Crippen LogP contribution in [0.5, 0.6) is 0 Å². The molecule has 0 radical (unpaired) electrons. The Morgan fingerprint density at radius 1 is 1.05 bits per heavy atom. The van der Waals surface area contributed by atoms with E-state index in [0.717, 1.165) is 29.1 Å². The molecule has 0 amide bonds. The van der Waals surface area contributed by atoms with Gasteiger partial charge < -0.3 is 0 Å². The molecule has 0 saturated heterocycles. The van der Waals surface area contributed by atoms with Crippen molar-refractivity contribution < 1.29 is 0 Å². The second-order valence-corrected chi connectivity index (χ2v) is 9.28. The van der Waals surface area contributed by atoms with Crippen LogP contribution in [-0.2, 0) is 0 Å². The van der Waals surface area contributed by atoms with Crippen LogP contribution in [0.3, 0.4) is 0 Å². The lowest BCUT2D eigenvalue weighted by Gasteiger charge is -2.60. The Morgan fingerprint density at radius 2 is 1.91 bits per heavy atom. The maximum atomic E-state index is 2.72. The molecule has 0 heteroatoms. The van der Waals surface area contributed by atoms with Crippen molar-refractivity contribution in [3.05, 3.63) is 11.6 Å². The fourth-order valence-corrected chi connectivity index (χ4v) is 7.82. The summed E-state index contributed by atoms with van der Waals surface area (Å²) in [4.78, 5) is 0. The van der Waals surface area contributed by atoms with Gasteiger partial charge in [-0.05, 0) is 85.9 Å². The van der Waals surface area contributed by atoms with Crippen molar-refractivity contribution in [3.8, 4) is 0 Å². The largest absolute Gasteiger partial charge is 0.0842 e. The summed E-state index contributed by atoms with van der Waals surface area (Å²) in [7, 11) is 0. The van der Waals surface area contributed by atoms with Gasteiger partial charge >= 0.3 is 0 Å². The second-order valence-electron chi connectivity index (χ2n) is 9.28. The van der Waals surface area contributed by atoms with E-state index in [0.29, 0.717) is 5.41 Å².